The minimum absolute atomic E-state index is 0.722. The number of benzene rings is 1. The molecule has 0 aliphatic heterocycles. The summed E-state index contributed by atoms with van der Waals surface area (Å²) >= 11 is 8.20. The van der Waals surface area contributed by atoms with E-state index in [0.717, 1.165) is 43.2 Å². The third kappa shape index (κ3) is 2.07. The second kappa shape index (κ2) is 5.08. The first-order chi connectivity index (χ1) is 9.61. The van der Waals surface area contributed by atoms with Gasteiger partial charge in [0.15, 0.2) is 0 Å². The smallest absolute Gasteiger partial charge is 0.119 e. The molecule has 102 valence electrons. The zero-order valence-electron chi connectivity index (χ0n) is 11.5. The molecule has 0 unspecified atom stereocenters. The Bertz CT molecular complexity index is 771. The van der Waals surface area contributed by atoms with Gasteiger partial charge in [-0.3, -0.25) is 4.98 Å². The van der Waals surface area contributed by atoms with Gasteiger partial charge in [-0.05, 0) is 48.6 Å². The lowest BCUT2D eigenvalue weighted by Crippen LogP contribution is -1.94. The van der Waals surface area contributed by atoms with E-state index >= 15 is 0 Å². The van der Waals surface area contributed by atoms with Gasteiger partial charge in [-0.1, -0.05) is 11.6 Å². The largest absolute Gasteiger partial charge is 0.497 e. The summed E-state index contributed by atoms with van der Waals surface area (Å²) in [5.41, 5.74) is 4.16. The van der Waals surface area contributed by atoms with Crippen molar-refractivity contribution in [1.29, 1.82) is 0 Å². The van der Waals surface area contributed by atoms with Gasteiger partial charge < -0.3 is 4.74 Å². The Kier molecular flexibility index (Phi) is 3.40. The SMILES string of the molecule is COc1cc(C)c(-c2ncc3sccc3c2Cl)c(C)c1. The molecule has 0 fully saturated rings. The van der Waals surface area contributed by atoms with Gasteiger partial charge in [0.05, 0.1) is 22.5 Å². The van der Waals surface area contributed by atoms with Crippen LogP contribution in [0.2, 0.25) is 5.02 Å². The number of methoxy groups -OCH3 is 1. The van der Waals surface area contributed by atoms with Crippen molar-refractivity contribution in [3.8, 4) is 17.0 Å². The molecule has 0 radical (unpaired) electrons. The van der Waals surface area contributed by atoms with Crippen molar-refractivity contribution in [3.05, 3.63) is 45.9 Å². The van der Waals surface area contributed by atoms with Crippen LogP contribution in [0.1, 0.15) is 11.1 Å². The monoisotopic (exact) mass is 303 g/mol. The van der Waals surface area contributed by atoms with Crippen molar-refractivity contribution in [2.45, 2.75) is 13.8 Å². The van der Waals surface area contributed by atoms with Gasteiger partial charge >= 0.3 is 0 Å². The molecule has 2 aromatic heterocycles. The Balaban J connectivity index is 2.28. The Morgan fingerprint density at radius 2 is 1.90 bits per heavy atom. The molecule has 0 saturated heterocycles. The normalized spacial score (nSPS) is 11.0. The highest BCUT2D eigenvalue weighted by Gasteiger charge is 2.15. The van der Waals surface area contributed by atoms with E-state index in [1.807, 2.05) is 29.8 Å². The Hall–Kier alpha value is -1.58. The lowest BCUT2D eigenvalue weighted by Gasteiger charge is -2.13. The summed E-state index contributed by atoms with van der Waals surface area (Å²) in [5, 5.41) is 3.83. The van der Waals surface area contributed by atoms with E-state index in [0.29, 0.717) is 0 Å². The van der Waals surface area contributed by atoms with Crippen molar-refractivity contribution >= 4 is 33.0 Å². The van der Waals surface area contributed by atoms with Crippen LogP contribution < -0.4 is 4.74 Å². The van der Waals surface area contributed by atoms with E-state index in [-0.39, 0.29) is 0 Å². The fourth-order valence-corrected chi connectivity index (χ4v) is 3.62. The fourth-order valence-electron chi connectivity index (χ4n) is 2.50. The van der Waals surface area contributed by atoms with E-state index in [1.54, 1.807) is 18.4 Å². The van der Waals surface area contributed by atoms with Crippen molar-refractivity contribution in [2.75, 3.05) is 7.11 Å². The molecule has 3 aromatic rings. The summed E-state index contributed by atoms with van der Waals surface area (Å²) in [6, 6.07) is 6.07. The number of fused-ring (bicyclic) bond motifs is 1. The zero-order chi connectivity index (χ0) is 14.3. The molecule has 1 aromatic carbocycles. The molecule has 3 rings (SSSR count). The number of hydrogen-bond donors (Lipinski definition) is 0. The number of rotatable bonds is 2. The van der Waals surface area contributed by atoms with Crippen LogP contribution in [0.4, 0.5) is 0 Å². The average Bonchev–Trinajstić information content (AvgIpc) is 2.89. The molecule has 4 heteroatoms. The Morgan fingerprint density at radius 1 is 1.20 bits per heavy atom. The lowest BCUT2D eigenvalue weighted by molar-refractivity contribution is 0.414. The number of hydrogen-bond acceptors (Lipinski definition) is 3. The standard InChI is InChI=1S/C16H14ClNOS/c1-9-6-11(19-3)7-10(2)14(9)16-15(17)12-4-5-20-13(12)8-18-16/h4-8H,1-3H3. The maximum Gasteiger partial charge on any atom is 0.119 e. The van der Waals surface area contributed by atoms with Crippen LogP contribution in [0.5, 0.6) is 5.75 Å². The second-order valence-corrected chi connectivity index (χ2v) is 6.08. The summed E-state index contributed by atoms with van der Waals surface area (Å²) in [5.74, 6) is 0.858. The van der Waals surface area contributed by atoms with Crippen molar-refractivity contribution in [3.63, 3.8) is 0 Å². The van der Waals surface area contributed by atoms with Crippen LogP contribution >= 0.6 is 22.9 Å². The lowest BCUT2D eigenvalue weighted by atomic mass is 9.98. The van der Waals surface area contributed by atoms with Crippen LogP contribution in [-0.2, 0) is 0 Å². The summed E-state index contributed by atoms with van der Waals surface area (Å²) in [6.45, 7) is 4.11. The predicted molar refractivity (Wildman–Crippen MR) is 86.1 cm³/mol. The molecular weight excluding hydrogens is 290 g/mol. The van der Waals surface area contributed by atoms with Gasteiger partial charge in [-0.2, -0.15) is 0 Å². The van der Waals surface area contributed by atoms with Crippen LogP contribution in [0.3, 0.4) is 0 Å². The number of aryl methyl sites for hydroxylation is 2. The number of ether oxygens (including phenoxy) is 1. The van der Waals surface area contributed by atoms with E-state index in [1.165, 1.54) is 0 Å². The average molecular weight is 304 g/mol. The maximum atomic E-state index is 6.55. The molecule has 0 N–H and O–H groups in total. The van der Waals surface area contributed by atoms with Crippen LogP contribution in [-0.4, -0.2) is 12.1 Å². The third-order valence-corrected chi connectivity index (χ3v) is 4.66. The van der Waals surface area contributed by atoms with E-state index in [9.17, 15) is 0 Å². The molecule has 0 amide bonds. The molecule has 2 nitrogen and oxygen atoms in total. The summed E-state index contributed by atoms with van der Waals surface area (Å²) < 4.78 is 6.42. The van der Waals surface area contributed by atoms with Crippen LogP contribution in [0.25, 0.3) is 21.3 Å². The number of thiophene rings is 1. The van der Waals surface area contributed by atoms with Crippen molar-refractivity contribution in [2.24, 2.45) is 0 Å². The van der Waals surface area contributed by atoms with E-state index in [2.05, 4.69) is 18.8 Å². The summed E-state index contributed by atoms with van der Waals surface area (Å²) in [4.78, 5) is 4.56. The molecule has 0 bridgehead atoms. The first-order valence-corrected chi connectivity index (χ1v) is 7.55. The highest BCUT2D eigenvalue weighted by atomic mass is 35.5. The Morgan fingerprint density at radius 3 is 2.55 bits per heavy atom. The zero-order valence-corrected chi connectivity index (χ0v) is 13.1. The summed E-state index contributed by atoms with van der Waals surface area (Å²) in [6.07, 6.45) is 1.89. The molecule has 0 atom stereocenters. The minimum Gasteiger partial charge on any atom is -0.497 e. The van der Waals surface area contributed by atoms with Gasteiger partial charge in [0.1, 0.15) is 5.75 Å². The van der Waals surface area contributed by atoms with Gasteiger partial charge in [0.2, 0.25) is 0 Å². The van der Waals surface area contributed by atoms with Crippen molar-refractivity contribution in [1.82, 2.24) is 4.98 Å². The summed E-state index contributed by atoms with van der Waals surface area (Å²) in [7, 11) is 1.68. The molecule has 0 spiro atoms. The van der Waals surface area contributed by atoms with Gasteiger partial charge in [-0.25, -0.2) is 0 Å². The predicted octanol–water partition coefficient (Wildman–Crippen LogP) is 5.24. The number of aromatic nitrogens is 1. The Labute approximate surface area is 127 Å². The molecular formula is C16H14ClNOS. The third-order valence-electron chi connectivity index (χ3n) is 3.43. The van der Waals surface area contributed by atoms with Gasteiger partial charge in [0, 0.05) is 17.1 Å². The molecule has 0 saturated carbocycles. The highest BCUT2D eigenvalue weighted by Crippen LogP contribution is 2.38. The highest BCUT2D eigenvalue weighted by molar-refractivity contribution is 7.17. The molecule has 0 aliphatic rings. The minimum atomic E-state index is 0.722. The maximum absolute atomic E-state index is 6.55. The van der Waals surface area contributed by atoms with Gasteiger partial charge in [0.25, 0.3) is 0 Å². The van der Waals surface area contributed by atoms with Gasteiger partial charge in [-0.15, -0.1) is 11.3 Å². The molecule has 20 heavy (non-hydrogen) atoms. The van der Waals surface area contributed by atoms with E-state index < -0.39 is 0 Å². The fraction of sp³-hybridized carbons (Fsp3) is 0.188. The van der Waals surface area contributed by atoms with Crippen molar-refractivity contribution < 1.29 is 4.74 Å². The van der Waals surface area contributed by atoms with E-state index in [4.69, 9.17) is 16.3 Å². The molecule has 2 heterocycles. The number of halogens is 1. The first-order valence-electron chi connectivity index (χ1n) is 6.29. The van der Waals surface area contributed by atoms with Crippen LogP contribution in [0, 0.1) is 13.8 Å². The molecule has 0 aliphatic carbocycles. The quantitative estimate of drug-likeness (QED) is 0.645. The van der Waals surface area contributed by atoms with Crippen LogP contribution in [0.15, 0.2) is 29.8 Å². The first kappa shape index (κ1) is 13.4. The second-order valence-electron chi connectivity index (χ2n) is 4.76. The number of pyridine rings is 1. The topological polar surface area (TPSA) is 22.1 Å². The number of nitrogens with zero attached hydrogens (tertiary/aromatic N) is 1.